The summed E-state index contributed by atoms with van der Waals surface area (Å²) in [5, 5.41) is 19.8. The first-order chi connectivity index (χ1) is 15.9. The van der Waals surface area contributed by atoms with Gasteiger partial charge in [-0.05, 0) is 84.0 Å². The number of benzene rings is 2. The lowest BCUT2D eigenvalue weighted by atomic mass is 9.49. The standard InChI is InChI=1S/C28H27FN2OS/c1-27(26(32)23-17-33-25-8-4-3-7-22(23)25)13-5-6-19-14-24-18(15-28(19,27)2)16-30-31(24)21-11-9-20(29)10-12-21/h3-4,7-12,14,16-17,26,32H,5-6,13,15H2,1-2H3/t26-,27+,28-/m0/s1. The van der Waals surface area contributed by atoms with Gasteiger partial charge in [0.25, 0.3) is 0 Å². The molecule has 0 aliphatic heterocycles. The lowest BCUT2D eigenvalue weighted by molar-refractivity contribution is -0.0624. The third-order valence-corrected chi connectivity index (χ3v) is 9.31. The number of allylic oxidation sites excluding steroid dienone is 1. The average molecular weight is 459 g/mol. The number of rotatable bonds is 3. The molecule has 3 atom stereocenters. The average Bonchev–Trinajstić information content (AvgIpc) is 3.42. The number of thiophene rings is 1. The van der Waals surface area contributed by atoms with Gasteiger partial charge in [-0.1, -0.05) is 37.6 Å². The Bertz CT molecular complexity index is 1380. The van der Waals surface area contributed by atoms with Gasteiger partial charge >= 0.3 is 0 Å². The molecule has 6 rings (SSSR count). The van der Waals surface area contributed by atoms with Crippen molar-refractivity contribution in [1.29, 1.82) is 0 Å². The van der Waals surface area contributed by atoms with Gasteiger partial charge in [0.2, 0.25) is 0 Å². The highest BCUT2D eigenvalue weighted by molar-refractivity contribution is 7.17. The fourth-order valence-corrected chi connectivity index (χ4v) is 7.10. The number of aliphatic hydroxyl groups excluding tert-OH is 1. The summed E-state index contributed by atoms with van der Waals surface area (Å²) in [6, 6.07) is 14.9. The molecule has 33 heavy (non-hydrogen) atoms. The fraction of sp³-hybridized carbons (Fsp3) is 0.321. The van der Waals surface area contributed by atoms with Gasteiger partial charge in [0.05, 0.1) is 23.7 Å². The molecule has 2 aromatic carbocycles. The highest BCUT2D eigenvalue weighted by Gasteiger charge is 2.55. The molecule has 1 N–H and O–H groups in total. The SMILES string of the molecule is C[C@]12Cc3cnn(-c4ccc(F)cc4)c3C=C1CCC[C@]2(C)[C@@H](O)c1csc2ccccc12. The van der Waals surface area contributed by atoms with Gasteiger partial charge in [0.1, 0.15) is 5.82 Å². The third kappa shape index (κ3) is 2.99. The van der Waals surface area contributed by atoms with Crippen LogP contribution >= 0.6 is 11.3 Å². The molecule has 0 unspecified atom stereocenters. The van der Waals surface area contributed by atoms with Gasteiger partial charge in [0.15, 0.2) is 0 Å². The van der Waals surface area contributed by atoms with Gasteiger partial charge in [0, 0.05) is 15.5 Å². The van der Waals surface area contributed by atoms with Crippen molar-refractivity contribution in [2.45, 2.75) is 45.6 Å². The Morgan fingerprint density at radius 2 is 1.91 bits per heavy atom. The molecule has 3 nitrogen and oxygen atoms in total. The highest BCUT2D eigenvalue weighted by Crippen LogP contribution is 2.62. The molecule has 2 aromatic heterocycles. The van der Waals surface area contributed by atoms with E-state index in [0.717, 1.165) is 48.0 Å². The van der Waals surface area contributed by atoms with E-state index in [1.807, 2.05) is 10.9 Å². The number of aromatic nitrogens is 2. The van der Waals surface area contributed by atoms with Gasteiger partial charge in [-0.15, -0.1) is 11.3 Å². The topological polar surface area (TPSA) is 38.0 Å². The molecule has 2 aliphatic carbocycles. The van der Waals surface area contributed by atoms with E-state index in [4.69, 9.17) is 0 Å². The minimum atomic E-state index is -0.545. The maximum absolute atomic E-state index is 13.4. The molecule has 4 aromatic rings. The second-order valence-corrected chi connectivity index (χ2v) is 10.9. The minimum Gasteiger partial charge on any atom is -0.388 e. The summed E-state index contributed by atoms with van der Waals surface area (Å²) in [4.78, 5) is 0. The van der Waals surface area contributed by atoms with E-state index in [-0.39, 0.29) is 16.6 Å². The Kier molecular flexibility index (Phi) is 4.65. The molecule has 0 saturated heterocycles. The Hall–Kier alpha value is -2.76. The molecule has 0 spiro atoms. The van der Waals surface area contributed by atoms with Crippen LogP contribution in [0.2, 0.25) is 0 Å². The van der Waals surface area contributed by atoms with E-state index in [9.17, 15) is 9.50 Å². The highest BCUT2D eigenvalue weighted by atomic mass is 32.1. The molecule has 5 heteroatoms. The van der Waals surface area contributed by atoms with Gasteiger partial charge in [-0.3, -0.25) is 0 Å². The van der Waals surface area contributed by atoms with Crippen LogP contribution in [0.1, 0.15) is 56.0 Å². The van der Waals surface area contributed by atoms with E-state index in [1.54, 1.807) is 23.5 Å². The van der Waals surface area contributed by atoms with Crippen LogP contribution in [0.15, 0.2) is 65.7 Å². The van der Waals surface area contributed by atoms with Crippen LogP contribution in [0.25, 0.3) is 21.8 Å². The van der Waals surface area contributed by atoms with Crippen molar-refractivity contribution in [3.8, 4) is 5.69 Å². The van der Waals surface area contributed by atoms with Gasteiger partial charge < -0.3 is 5.11 Å². The Morgan fingerprint density at radius 1 is 1.12 bits per heavy atom. The predicted molar refractivity (Wildman–Crippen MR) is 132 cm³/mol. The van der Waals surface area contributed by atoms with E-state index in [2.05, 4.69) is 54.7 Å². The predicted octanol–water partition coefficient (Wildman–Crippen LogP) is 7.10. The molecule has 0 bridgehead atoms. The number of nitrogens with zero attached hydrogens (tertiary/aromatic N) is 2. The normalized spacial score (nSPS) is 25.4. The first-order valence-corrected chi connectivity index (χ1v) is 12.5. The summed E-state index contributed by atoms with van der Waals surface area (Å²) < 4.78 is 16.6. The summed E-state index contributed by atoms with van der Waals surface area (Å²) in [5.41, 5.74) is 5.09. The third-order valence-electron chi connectivity index (χ3n) is 8.33. The molecule has 1 saturated carbocycles. The largest absolute Gasteiger partial charge is 0.388 e. The van der Waals surface area contributed by atoms with E-state index < -0.39 is 6.10 Å². The van der Waals surface area contributed by atoms with Crippen molar-refractivity contribution in [2.24, 2.45) is 10.8 Å². The fourth-order valence-electron chi connectivity index (χ4n) is 6.12. The van der Waals surface area contributed by atoms with Crippen LogP contribution in [0.5, 0.6) is 0 Å². The molecular formula is C28H27FN2OS. The first-order valence-electron chi connectivity index (χ1n) is 11.6. The summed E-state index contributed by atoms with van der Waals surface area (Å²) in [5.74, 6) is -0.247. The van der Waals surface area contributed by atoms with Crippen molar-refractivity contribution in [2.75, 3.05) is 0 Å². The zero-order chi connectivity index (χ0) is 22.8. The van der Waals surface area contributed by atoms with Crippen molar-refractivity contribution >= 4 is 27.5 Å². The zero-order valence-electron chi connectivity index (χ0n) is 18.9. The quantitative estimate of drug-likeness (QED) is 0.356. The molecular weight excluding hydrogens is 431 g/mol. The number of fused-ring (bicyclic) bond motifs is 3. The van der Waals surface area contributed by atoms with Crippen molar-refractivity contribution in [3.63, 3.8) is 0 Å². The summed E-state index contributed by atoms with van der Waals surface area (Å²) >= 11 is 1.71. The minimum absolute atomic E-state index is 0.169. The second kappa shape index (κ2) is 7.37. The molecule has 0 radical (unpaired) electrons. The number of aliphatic hydroxyl groups is 1. The molecule has 2 aliphatic rings. The first kappa shape index (κ1) is 20.8. The smallest absolute Gasteiger partial charge is 0.123 e. The lowest BCUT2D eigenvalue weighted by Gasteiger charge is -2.55. The lowest BCUT2D eigenvalue weighted by Crippen LogP contribution is -2.48. The van der Waals surface area contributed by atoms with E-state index in [0.29, 0.717) is 0 Å². The van der Waals surface area contributed by atoms with Crippen molar-refractivity contribution < 1.29 is 9.50 Å². The second-order valence-electron chi connectivity index (χ2n) is 9.98. The summed E-state index contributed by atoms with van der Waals surface area (Å²) in [6.07, 6.45) is 7.58. The Balaban J connectivity index is 1.43. The molecule has 0 amide bonds. The Morgan fingerprint density at radius 3 is 2.73 bits per heavy atom. The number of halogens is 1. The maximum atomic E-state index is 13.4. The maximum Gasteiger partial charge on any atom is 0.123 e. The molecule has 168 valence electrons. The van der Waals surface area contributed by atoms with Crippen LogP contribution < -0.4 is 0 Å². The van der Waals surface area contributed by atoms with Crippen molar-refractivity contribution in [3.05, 3.63) is 88.3 Å². The van der Waals surface area contributed by atoms with Crippen LogP contribution in [-0.2, 0) is 6.42 Å². The molecule has 2 heterocycles. The van der Waals surface area contributed by atoms with Crippen molar-refractivity contribution in [1.82, 2.24) is 9.78 Å². The monoisotopic (exact) mass is 458 g/mol. The van der Waals surface area contributed by atoms with Crippen LogP contribution in [-0.4, -0.2) is 14.9 Å². The zero-order valence-corrected chi connectivity index (χ0v) is 19.7. The van der Waals surface area contributed by atoms with Crippen LogP contribution in [0.4, 0.5) is 4.39 Å². The molecule has 1 fully saturated rings. The number of hydrogen-bond donors (Lipinski definition) is 1. The summed E-state index contributed by atoms with van der Waals surface area (Å²) in [6.45, 7) is 4.60. The Labute approximate surface area is 197 Å². The van der Waals surface area contributed by atoms with E-state index >= 15 is 0 Å². The van der Waals surface area contributed by atoms with Crippen LogP contribution in [0.3, 0.4) is 0 Å². The van der Waals surface area contributed by atoms with Gasteiger partial charge in [-0.2, -0.15) is 5.10 Å². The van der Waals surface area contributed by atoms with Gasteiger partial charge in [-0.25, -0.2) is 9.07 Å². The number of hydrogen-bond acceptors (Lipinski definition) is 3. The van der Waals surface area contributed by atoms with E-state index in [1.165, 1.54) is 28.0 Å². The van der Waals surface area contributed by atoms with Crippen LogP contribution in [0, 0.1) is 16.6 Å². The summed E-state index contributed by atoms with van der Waals surface area (Å²) in [7, 11) is 0.